The number of hydrogen-bond acceptors (Lipinski definition) is 9. The molecule has 2 saturated heterocycles. The Bertz CT molecular complexity index is 1140. The van der Waals surface area contributed by atoms with Gasteiger partial charge in [0.25, 0.3) is 5.91 Å². The lowest BCUT2D eigenvalue weighted by Crippen LogP contribution is -2.62. The van der Waals surface area contributed by atoms with E-state index in [0.717, 1.165) is 5.56 Å². The zero-order valence-electron chi connectivity index (χ0n) is 22.4. The van der Waals surface area contributed by atoms with Crippen LogP contribution < -0.4 is 10.6 Å². The van der Waals surface area contributed by atoms with E-state index in [1.54, 1.807) is 11.9 Å². The number of piperidine rings is 1. The Balaban J connectivity index is 1.56. The Labute approximate surface area is 228 Å². The van der Waals surface area contributed by atoms with Gasteiger partial charge in [-0.05, 0) is 44.2 Å². The second-order valence-corrected chi connectivity index (χ2v) is 10.4. The van der Waals surface area contributed by atoms with Crippen molar-refractivity contribution < 1.29 is 28.5 Å². The van der Waals surface area contributed by atoms with Crippen LogP contribution in [0.15, 0.2) is 48.9 Å². The summed E-state index contributed by atoms with van der Waals surface area (Å²) in [4.78, 5) is 62.2. The molecule has 1 aromatic heterocycles. The van der Waals surface area contributed by atoms with Crippen LogP contribution in [0.4, 0.5) is 0 Å². The van der Waals surface area contributed by atoms with Gasteiger partial charge in [-0.3, -0.25) is 29.1 Å². The third-order valence-electron chi connectivity index (χ3n) is 7.03. The molecule has 2 fully saturated rings. The lowest BCUT2D eigenvalue weighted by Gasteiger charge is -2.40. The van der Waals surface area contributed by atoms with E-state index >= 15 is 0 Å². The average molecular weight is 535 g/mol. The van der Waals surface area contributed by atoms with E-state index in [0.29, 0.717) is 25.7 Å². The Morgan fingerprint density at radius 3 is 2.31 bits per heavy atom. The van der Waals surface area contributed by atoms with Crippen LogP contribution in [0, 0.1) is 5.92 Å². The Morgan fingerprint density at radius 1 is 1.05 bits per heavy atom. The monoisotopic (exact) mass is 535 g/mol. The van der Waals surface area contributed by atoms with E-state index in [2.05, 4.69) is 20.6 Å². The standard InChI is InChI=1S/C27H34BN5O6/c1-17(2)14-23(28-38-26(36)21-10-7-11-22(33(21)3)27(37)39-28)32-24(34)19(15-18-8-5-4-6-9-18)31-25(35)20-16-29-12-13-30-20/h4-6,8-9,12-13,16-17,19,21-23H,7,10-11,14-15H2,1-3H3,(H,31,35)(H,32,34)/t19?,21-,22+,23-/m0/s1. The smallest absolute Gasteiger partial charge is 0.497 e. The number of likely N-dealkylation sites (N-methyl/N-ethyl adjacent to an activating group) is 1. The normalized spacial score (nSPS) is 21.2. The molecule has 0 saturated carbocycles. The summed E-state index contributed by atoms with van der Waals surface area (Å²) >= 11 is 0. The van der Waals surface area contributed by atoms with E-state index in [9.17, 15) is 19.2 Å². The van der Waals surface area contributed by atoms with Crippen LogP contribution in [-0.4, -0.2) is 76.9 Å². The molecule has 0 spiro atoms. The highest BCUT2D eigenvalue weighted by Crippen LogP contribution is 2.26. The summed E-state index contributed by atoms with van der Waals surface area (Å²) in [6, 6.07) is 7.18. The first-order chi connectivity index (χ1) is 18.7. The second-order valence-electron chi connectivity index (χ2n) is 10.4. The van der Waals surface area contributed by atoms with Crippen molar-refractivity contribution in [3.8, 4) is 0 Å². The van der Waals surface area contributed by atoms with E-state index in [1.165, 1.54) is 18.6 Å². The molecule has 12 heteroatoms. The Kier molecular flexibility index (Phi) is 9.29. The van der Waals surface area contributed by atoms with Gasteiger partial charge in [0.15, 0.2) is 0 Å². The van der Waals surface area contributed by atoms with Gasteiger partial charge < -0.3 is 19.9 Å². The predicted molar refractivity (Wildman–Crippen MR) is 142 cm³/mol. The molecule has 1 aromatic carbocycles. The van der Waals surface area contributed by atoms with Crippen LogP contribution in [0.1, 0.15) is 55.6 Å². The fourth-order valence-corrected chi connectivity index (χ4v) is 5.01. The zero-order valence-corrected chi connectivity index (χ0v) is 22.4. The molecule has 1 unspecified atom stereocenters. The molecule has 39 heavy (non-hydrogen) atoms. The van der Waals surface area contributed by atoms with Gasteiger partial charge in [0.2, 0.25) is 5.91 Å². The van der Waals surface area contributed by atoms with Gasteiger partial charge in [-0.15, -0.1) is 0 Å². The summed E-state index contributed by atoms with van der Waals surface area (Å²) < 4.78 is 11.4. The number of nitrogens with one attached hydrogen (secondary N) is 2. The Morgan fingerprint density at radius 2 is 1.72 bits per heavy atom. The highest BCUT2D eigenvalue weighted by molar-refractivity contribution is 6.51. The van der Waals surface area contributed by atoms with Gasteiger partial charge >= 0.3 is 19.1 Å². The second kappa shape index (κ2) is 12.8. The van der Waals surface area contributed by atoms with E-state index in [4.69, 9.17) is 9.31 Å². The number of aromatic nitrogens is 2. The summed E-state index contributed by atoms with van der Waals surface area (Å²) in [5.74, 6) is -2.78. The minimum absolute atomic E-state index is 0.0700. The molecule has 2 N–H and O–H groups in total. The molecular formula is C27H34BN5O6. The van der Waals surface area contributed by atoms with Gasteiger partial charge in [-0.1, -0.05) is 44.2 Å². The minimum Gasteiger partial charge on any atom is -0.497 e. The third kappa shape index (κ3) is 7.20. The summed E-state index contributed by atoms with van der Waals surface area (Å²) in [5.41, 5.74) is 0.901. The van der Waals surface area contributed by atoms with Crippen LogP contribution >= 0.6 is 0 Å². The molecular weight excluding hydrogens is 501 g/mol. The number of carbonyl (C=O) groups is 4. The summed E-state index contributed by atoms with van der Waals surface area (Å²) in [7, 11) is 0.430. The molecule has 2 aliphatic rings. The van der Waals surface area contributed by atoms with E-state index < -0.39 is 54.9 Å². The van der Waals surface area contributed by atoms with Crippen molar-refractivity contribution >= 4 is 30.9 Å². The van der Waals surface area contributed by atoms with Crippen molar-refractivity contribution in [3.05, 3.63) is 60.2 Å². The molecule has 2 amide bonds. The van der Waals surface area contributed by atoms with Crippen molar-refractivity contribution in [2.45, 2.75) is 70.0 Å². The lowest BCUT2D eigenvalue weighted by molar-refractivity contribution is -0.157. The number of amides is 2. The number of carbonyl (C=O) groups excluding carboxylic acids is 4. The average Bonchev–Trinajstić information content (AvgIpc) is 2.92. The van der Waals surface area contributed by atoms with Gasteiger partial charge in [-0.25, -0.2) is 4.98 Å². The maximum absolute atomic E-state index is 13.7. The number of fused-ring (bicyclic) bond motifs is 2. The van der Waals surface area contributed by atoms with Gasteiger partial charge in [0.1, 0.15) is 23.8 Å². The van der Waals surface area contributed by atoms with Crippen molar-refractivity contribution in [2.75, 3.05) is 7.05 Å². The first-order valence-electron chi connectivity index (χ1n) is 13.3. The van der Waals surface area contributed by atoms with Crippen LogP contribution in [0.5, 0.6) is 0 Å². The summed E-state index contributed by atoms with van der Waals surface area (Å²) in [6.07, 6.45) is 6.61. The maximum atomic E-state index is 13.7. The zero-order chi connectivity index (χ0) is 27.9. The fraction of sp³-hybridized carbons (Fsp3) is 0.481. The van der Waals surface area contributed by atoms with E-state index in [-0.39, 0.29) is 18.0 Å². The molecule has 2 aliphatic heterocycles. The van der Waals surface area contributed by atoms with Gasteiger partial charge in [-0.2, -0.15) is 0 Å². The largest absolute Gasteiger partial charge is 0.622 e. The minimum atomic E-state index is -1.29. The summed E-state index contributed by atoms with van der Waals surface area (Å²) in [5, 5.41) is 5.65. The lowest BCUT2D eigenvalue weighted by atomic mass is 9.72. The van der Waals surface area contributed by atoms with Crippen molar-refractivity contribution in [1.82, 2.24) is 25.5 Å². The highest BCUT2D eigenvalue weighted by atomic mass is 16.6. The van der Waals surface area contributed by atoms with Crippen LogP contribution in [0.2, 0.25) is 0 Å². The van der Waals surface area contributed by atoms with Crippen molar-refractivity contribution in [1.29, 1.82) is 0 Å². The molecule has 4 rings (SSSR count). The quantitative estimate of drug-likeness (QED) is 0.455. The molecule has 3 heterocycles. The SMILES string of the molecule is CC(C)C[C@H](NC(=O)C(Cc1ccccc1)NC(=O)c1cnccn1)B1OC(=O)[C@H]2CCC[C@@H](C(=O)O1)N2C. The van der Waals surface area contributed by atoms with Crippen LogP contribution in [0.25, 0.3) is 0 Å². The van der Waals surface area contributed by atoms with E-state index in [1.807, 2.05) is 44.2 Å². The fourth-order valence-electron chi connectivity index (χ4n) is 5.01. The van der Waals surface area contributed by atoms with Crippen molar-refractivity contribution in [2.24, 2.45) is 5.92 Å². The molecule has 0 radical (unpaired) electrons. The third-order valence-corrected chi connectivity index (χ3v) is 7.03. The predicted octanol–water partition coefficient (Wildman–Crippen LogP) is 1.33. The molecule has 2 aromatic rings. The summed E-state index contributed by atoms with van der Waals surface area (Å²) in [6.45, 7) is 3.90. The van der Waals surface area contributed by atoms with Crippen molar-refractivity contribution in [3.63, 3.8) is 0 Å². The molecule has 0 aliphatic carbocycles. The first-order valence-corrected chi connectivity index (χ1v) is 13.3. The Hall–Kier alpha value is -3.80. The van der Waals surface area contributed by atoms with Crippen LogP contribution in [-0.2, 0) is 30.1 Å². The highest BCUT2D eigenvalue weighted by Gasteiger charge is 2.48. The number of nitrogens with zero attached hydrogens (tertiary/aromatic N) is 3. The number of hydrogen-bond donors (Lipinski definition) is 2. The van der Waals surface area contributed by atoms with Gasteiger partial charge in [0.05, 0.1) is 12.1 Å². The molecule has 206 valence electrons. The van der Waals surface area contributed by atoms with Gasteiger partial charge in [0, 0.05) is 18.8 Å². The first kappa shape index (κ1) is 28.2. The number of rotatable bonds is 9. The van der Waals surface area contributed by atoms with Crippen LogP contribution in [0.3, 0.4) is 0 Å². The number of benzene rings is 1. The molecule has 2 bridgehead atoms. The maximum Gasteiger partial charge on any atom is 0.622 e. The molecule has 11 nitrogen and oxygen atoms in total. The molecule has 4 atom stereocenters. The topological polar surface area (TPSA) is 140 Å².